The fraction of sp³-hybridized carbons (Fsp3) is 0.250. The van der Waals surface area contributed by atoms with Gasteiger partial charge in [0.25, 0.3) is 0 Å². The van der Waals surface area contributed by atoms with E-state index in [0.717, 1.165) is 41.0 Å². The van der Waals surface area contributed by atoms with E-state index in [9.17, 15) is 4.79 Å². The van der Waals surface area contributed by atoms with E-state index in [0.29, 0.717) is 0 Å². The molecule has 0 saturated heterocycles. The second-order valence-electron chi connectivity index (χ2n) is 7.72. The number of thioether (sulfide) groups is 1. The molecule has 7 heteroatoms. The standard InChI is InChI=1S/C24H23N5OS/c1-16(23(30)28-21-13-7-9-17-8-5-6-12-19(17)21)31-24-20-14-27-29(22(20)25-15-26-24)18-10-3-2-4-11-18/h2-6,8,10-12,14-16,21H,7,9,13H2,1H3,(H,28,30)/t16-,21+/m1/s1. The van der Waals surface area contributed by atoms with Gasteiger partial charge in [-0.3, -0.25) is 4.79 Å². The molecule has 6 nitrogen and oxygen atoms in total. The first kappa shape index (κ1) is 19.8. The smallest absolute Gasteiger partial charge is 0.233 e. The second-order valence-corrected chi connectivity index (χ2v) is 9.05. The summed E-state index contributed by atoms with van der Waals surface area (Å²) in [5, 5.41) is 9.07. The number of aromatic nitrogens is 4. The van der Waals surface area contributed by atoms with E-state index in [1.54, 1.807) is 10.9 Å². The van der Waals surface area contributed by atoms with Crippen LogP contribution in [-0.2, 0) is 11.2 Å². The van der Waals surface area contributed by atoms with Crippen molar-refractivity contribution in [2.75, 3.05) is 0 Å². The van der Waals surface area contributed by atoms with Crippen LogP contribution < -0.4 is 5.32 Å². The Bertz CT molecular complexity index is 1220. The number of fused-ring (bicyclic) bond motifs is 2. The van der Waals surface area contributed by atoms with E-state index >= 15 is 0 Å². The minimum atomic E-state index is -0.285. The number of nitrogens with zero attached hydrogens (tertiary/aromatic N) is 4. The lowest BCUT2D eigenvalue weighted by Crippen LogP contribution is -2.35. The first-order chi connectivity index (χ1) is 15.2. The fourth-order valence-corrected chi connectivity index (χ4v) is 4.98. The van der Waals surface area contributed by atoms with Crippen LogP contribution in [0.15, 0.2) is 72.1 Å². The van der Waals surface area contributed by atoms with Gasteiger partial charge < -0.3 is 5.32 Å². The Hall–Kier alpha value is -3.19. The normalized spacial score (nSPS) is 16.6. The molecule has 1 aliphatic carbocycles. The van der Waals surface area contributed by atoms with E-state index in [-0.39, 0.29) is 17.2 Å². The van der Waals surface area contributed by atoms with Crippen LogP contribution in [0.5, 0.6) is 0 Å². The number of benzene rings is 2. The molecule has 31 heavy (non-hydrogen) atoms. The summed E-state index contributed by atoms with van der Waals surface area (Å²) in [5.74, 6) is 0.0221. The number of hydrogen-bond donors (Lipinski definition) is 1. The molecule has 2 heterocycles. The molecule has 2 aromatic heterocycles. The van der Waals surface area contributed by atoms with Gasteiger partial charge in [0.2, 0.25) is 5.91 Å². The van der Waals surface area contributed by atoms with Crippen molar-refractivity contribution in [2.45, 2.75) is 42.5 Å². The van der Waals surface area contributed by atoms with Gasteiger partial charge in [-0.2, -0.15) is 5.10 Å². The van der Waals surface area contributed by atoms with Crippen LogP contribution in [0, 0.1) is 0 Å². The monoisotopic (exact) mass is 429 g/mol. The molecule has 2 aromatic carbocycles. The summed E-state index contributed by atoms with van der Waals surface area (Å²) < 4.78 is 1.80. The molecule has 2 atom stereocenters. The van der Waals surface area contributed by atoms with Crippen LogP contribution in [-0.4, -0.2) is 30.9 Å². The zero-order chi connectivity index (χ0) is 21.2. The number of rotatable bonds is 5. The summed E-state index contributed by atoms with van der Waals surface area (Å²) in [5.41, 5.74) is 4.25. The highest BCUT2D eigenvalue weighted by molar-refractivity contribution is 8.00. The lowest BCUT2D eigenvalue weighted by atomic mass is 9.88. The van der Waals surface area contributed by atoms with Gasteiger partial charge >= 0.3 is 0 Å². The summed E-state index contributed by atoms with van der Waals surface area (Å²) in [7, 11) is 0. The molecule has 0 aliphatic heterocycles. The molecular formula is C24H23N5OS. The average molecular weight is 430 g/mol. The average Bonchev–Trinajstić information content (AvgIpc) is 3.25. The van der Waals surface area contributed by atoms with E-state index in [1.807, 2.05) is 43.3 Å². The number of nitrogens with one attached hydrogen (secondary N) is 1. The third kappa shape index (κ3) is 3.93. The van der Waals surface area contributed by atoms with E-state index in [4.69, 9.17) is 0 Å². The highest BCUT2D eigenvalue weighted by atomic mass is 32.2. The Morgan fingerprint density at radius 2 is 1.94 bits per heavy atom. The molecule has 0 fully saturated rings. The molecule has 0 unspecified atom stereocenters. The third-order valence-corrected chi connectivity index (χ3v) is 6.79. The Balaban J connectivity index is 1.34. The fourth-order valence-electron chi connectivity index (χ4n) is 4.09. The molecule has 0 radical (unpaired) electrons. The maximum atomic E-state index is 13.0. The first-order valence-electron chi connectivity index (χ1n) is 10.5. The minimum absolute atomic E-state index is 0.0221. The lowest BCUT2D eigenvalue weighted by Gasteiger charge is -2.27. The summed E-state index contributed by atoms with van der Waals surface area (Å²) in [6, 6.07) is 18.4. The van der Waals surface area contributed by atoms with Crippen LogP contribution in [0.4, 0.5) is 0 Å². The lowest BCUT2D eigenvalue weighted by molar-refractivity contribution is -0.121. The number of para-hydroxylation sites is 1. The topological polar surface area (TPSA) is 72.7 Å². The summed E-state index contributed by atoms with van der Waals surface area (Å²) in [6.45, 7) is 1.92. The van der Waals surface area contributed by atoms with E-state index < -0.39 is 0 Å². The maximum absolute atomic E-state index is 13.0. The van der Waals surface area contributed by atoms with Gasteiger partial charge in [-0.25, -0.2) is 14.6 Å². The number of carbonyl (C=O) groups is 1. The molecule has 4 aromatic rings. The molecule has 5 rings (SSSR count). The molecule has 0 bridgehead atoms. The summed E-state index contributed by atoms with van der Waals surface area (Å²) in [4.78, 5) is 21.9. The molecule has 156 valence electrons. The molecule has 1 amide bonds. The quantitative estimate of drug-likeness (QED) is 0.374. The summed E-state index contributed by atoms with van der Waals surface area (Å²) in [6.07, 6.45) is 6.45. The SMILES string of the molecule is C[C@@H](Sc1ncnc2c1cnn2-c1ccccc1)C(=O)N[C@H]1CCCc2ccccc21. The van der Waals surface area contributed by atoms with E-state index in [1.165, 1.54) is 29.2 Å². The van der Waals surface area contributed by atoms with Crippen LogP contribution in [0.1, 0.15) is 36.9 Å². The van der Waals surface area contributed by atoms with Crippen molar-refractivity contribution in [1.29, 1.82) is 0 Å². The zero-order valence-electron chi connectivity index (χ0n) is 17.2. The van der Waals surface area contributed by atoms with Crippen LogP contribution in [0.2, 0.25) is 0 Å². The third-order valence-electron chi connectivity index (χ3n) is 5.67. The number of hydrogen-bond acceptors (Lipinski definition) is 5. The minimum Gasteiger partial charge on any atom is -0.348 e. The molecule has 1 N–H and O–H groups in total. The Morgan fingerprint density at radius 3 is 2.81 bits per heavy atom. The van der Waals surface area contributed by atoms with Crippen molar-refractivity contribution in [3.8, 4) is 5.69 Å². The van der Waals surface area contributed by atoms with Gasteiger partial charge in [0.15, 0.2) is 5.65 Å². The molecule has 1 aliphatic rings. The highest BCUT2D eigenvalue weighted by Crippen LogP contribution is 2.32. The van der Waals surface area contributed by atoms with Crippen LogP contribution in [0.3, 0.4) is 0 Å². The van der Waals surface area contributed by atoms with Crippen LogP contribution in [0.25, 0.3) is 16.7 Å². The number of amides is 1. The zero-order valence-corrected chi connectivity index (χ0v) is 18.0. The van der Waals surface area contributed by atoms with Crippen LogP contribution >= 0.6 is 11.8 Å². The van der Waals surface area contributed by atoms with Gasteiger partial charge in [-0.15, -0.1) is 0 Å². The van der Waals surface area contributed by atoms with Crippen molar-refractivity contribution in [1.82, 2.24) is 25.1 Å². The van der Waals surface area contributed by atoms with Crippen molar-refractivity contribution in [3.63, 3.8) is 0 Å². The number of aryl methyl sites for hydroxylation is 1. The molecule has 0 saturated carbocycles. The van der Waals surface area contributed by atoms with Crippen molar-refractivity contribution >= 4 is 28.7 Å². The van der Waals surface area contributed by atoms with Crippen molar-refractivity contribution in [2.24, 2.45) is 0 Å². The predicted molar refractivity (Wildman–Crippen MR) is 122 cm³/mol. The van der Waals surface area contributed by atoms with Crippen molar-refractivity contribution < 1.29 is 4.79 Å². The molecule has 0 spiro atoms. The second kappa shape index (κ2) is 8.51. The number of carbonyl (C=O) groups excluding carboxylic acids is 1. The highest BCUT2D eigenvalue weighted by Gasteiger charge is 2.25. The maximum Gasteiger partial charge on any atom is 0.233 e. The molecular weight excluding hydrogens is 406 g/mol. The predicted octanol–water partition coefficient (Wildman–Crippen LogP) is 4.49. The van der Waals surface area contributed by atoms with Crippen molar-refractivity contribution in [3.05, 3.63) is 78.2 Å². The largest absolute Gasteiger partial charge is 0.348 e. The van der Waals surface area contributed by atoms with Gasteiger partial charge in [0, 0.05) is 0 Å². The summed E-state index contributed by atoms with van der Waals surface area (Å²) >= 11 is 1.44. The van der Waals surface area contributed by atoms with Gasteiger partial charge in [-0.05, 0) is 49.4 Å². The first-order valence-corrected chi connectivity index (χ1v) is 11.4. The van der Waals surface area contributed by atoms with Gasteiger partial charge in [0.1, 0.15) is 11.4 Å². The van der Waals surface area contributed by atoms with Gasteiger partial charge in [-0.1, -0.05) is 54.2 Å². The Morgan fingerprint density at radius 1 is 1.13 bits per heavy atom. The Kier molecular flexibility index (Phi) is 5.42. The van der Waals surface area contributed by atoms with E-state index in [2.05, 4.69) is 38.6 Å². The van der Waals surface area contributed by atoms with Gasteiger partial charge in [0.05, 0.1) is 28.6 Å². The Labute approximate surface area is 185 Å².